The molecule has 2 aromatic rings. The number of nitrogens with two attached hydrogens (primary N) is 1. The van der Waals surface area contributed by atoms with Crippen LogP contribution in [0.2, 0.25) is 0 Å². The number of phenols is 1. The van der Waals surface area contributed by atoms with Gasteiger partial charge in [-0.05, 0) is 51.4 Å². The van der Waals surface area contributed by atoms with E-state index in [-0.39, 0.29) is 48.6 Å². The van der Waals surface area contributed by atoms with Crippen molar-refractivity contribution in [3.8, 4) is 5.75 Å². The Morgan fingerprint density at radius 3 is 2.49 bits per heavy atom. The number of benzene rings is 1. The van der Waals surface area contributed by atoms with Crippen LogP contribution in [-0.2, 0) is 27.3 Å². The first-order valence-electron chi connectivity index (χ1n) is 14.2. The van der Waals surface area contributed by atoms with Crippen molar-refractivity contribution in [2.45, 2.75) is 38.0 Å². The summed E-state index contributed by atoms with van der Waals surface area (Å²) in [5.74, 6) is -7.62. The van der Waals surface area contributed by atoms with E-state index in [2.05, 4.69) is 10.3 Å². The molecule has 1 amide bonds. The predicted molar refractivity (Wildman–Crippen MR) is 163 cm³/mol. The van der Waals surface area contributed by atoms with Crippen LogP contribution in [0.15, 0.2) is 34.1 Å². The van der Waals surface area contributed by atoms with E-state index in [0.29, 0.717) is 21.9 Å². The number of Topliss-reactive ketones (excluding diaryl/α,β-unsaturated/α-hetero) is 2. The first kappa shape index (κ1) is 31.9. The molecule has 14 nitrogen and oxygen atoms in total. The number of aromatic hydroxyl groups is 1. The van der Waals surface area contributed by atoms with Gasteiger partial charge in [0.2, 0.25) is 5.78 Å². The average molecular weight is 642 g/mol. The Bertz CT molecular complexity index is 1690. The molecule has 0 radical (unpaired) electrons. The van der Waals surface area contributed by atoms with E-state index in [9.17, 15) is 39.6 Å². The van der Waals surface area contributed by atoms with E-state index >= 15 is 0 Å². The molecule has 0 saturated carbocycles. The Morgan fingerprint density at radius 1 is 1.20 bits per heavy atom. The number of ether oxygens (including phenoxy) is 1. The Morgan fingerprint density at radius 2 is 1.89 bits per heavy atom. The Kier molecular flexibility index (Phi) is 8.14. The van der Waals surface area contributed by atoms with Crippen LogP contribution in [0.5, 0.6) is 5.75 Å². The summed E-state index contributed by atoms with van der Waals surface area (Å²) < 4.78 is 4.97. The number of amides is 1. The molecule has 1 unspecified atom stereocenters. The lowest BCUT2D eigenvalue weighted by Crippen LogP contribution is -2.63. The van der Waals surface area contributed by atoms with Crippen LogP contribution in [0.3, 0.4) is 0 Å². The van der Waals surface area contributed by atoms with Crippen LogP contribution < -0.4 is 16.0 Å². The van der Waals surface area contributed by atoms with Crippen molar-refractivity contribution in [3.63, 3.8) is 0 Å². The lowest BCUT2D eigenvalue weighted by molar-refractivity contribution is -0.148. The van der Waals surface area contributed by atoms with Crippen molar-refractivity contribution in [3.05, 3.63) is 56.5 Å². The van der Waals surface area contributed by atoms with Gasteiger partial charge < -0.3 is 41.1 Å². The molecule has 5 rings (SSSR count). The number of hydrogen-bond acceptors (Lipinski definition) is 14. The fourth-order valence-electron chi connectivity index (χ4n) is 6.71. The molecule has 0 bridgehead atoms. The molecule has 1 aromatic carbocycles. The number of nitrogens with one attached hydrogen (secondary N) is 1. The SMILES string of the molecule is CCOC(=O)c1csc(NCc2cc(N(C)C)c3c(c2O)C(=O)C2=C(O)[C@]4(O)C(=O)C(C(N)=O)=C(O)C(N(C)C)[C@@H]4C[C@@H]2C3)n1. The van der Waals surface area contributed by atoms with Gasteiger partial charge in [-0.3, -0.25) is 19.3 Å². The van der Waals surface area contributed by atoms with E-state index in [0.717, 1.165) is 11.3 Å². The largest absolute Gasteiger partial charge is 0.510 e. The molecule has 7 N–H and O–H groups in total. The van der Waals surface area contributed by atoms with Crippen LogP contribution in [0, 0.1) is 11.8 Å². The number of nitrogens with zero attached hydrogens (tertiary/aromatic N) is 3. The lowest BCUT2D eigenvalue weighted by Gasteiger charge is -2.50. The van der Waals surface area contributed by atoms with Crippen molar-refractivity contribution in [1.29, 1.82) is 0 Å². The van der Waals surface area contributed by atoms with Gasteiger partial charge in [-0.1, -0.05) is 0 Å². The number of thiazole rings is 1. The second-order valence-electron chi connectivity index (χ2n) is 11.7. The third-order valence-electron chi connectivity index (χ3n) is 8.68. The van der Waals surface area contributed by atoms with Gasteiger partial charge in [0.15, 0.2) is 22.2 Å². The second-order valence-corrected chi connectivity index (χ2v) is 12.6. The van der Waals surface area contributed by atoms with Crippen molar-refractivity contribution < 1.29 is 44.3 Å². The molecule has 45 heavy (non-hydrogen) atoms. The van der Waals surface area contributed by atoms with Crippen molar-refractivity contribution in [2.75, 3.05) is 45.0 Å². The number of primary amides is 1. The second kappa shape index (κ2) is 11.5. The predicted octanol–water partition coefficient (Wildman–Crippen LogP) is 1.43. The summed E-state index contributed by atoms with van der Waals surface area (Å²) in [5.41, 5.74) is 3.07. The minimum Gasteiger partial charge on any atom is -0.510 e. The Labute approximate surface area is 262 Å². The number of anilines is 2. The van der Waals surface area contributed by atoms with Gasteiger partial charge >= 0.3 is 5.97 Å². The fourth-order valence-corrected chi connectivity index (χ4v) is 7.39. The van der Waals surface area contributed by atoms with Crippen LogP contribution in [0.1, 0.15) is 45.3 Å². The van der Waals surface area contributed by atoms with Gasteiger partial charge in [-0.25, -0.2) is 9.78 Å². The summed E-state index contributed by atoms with van der Waals surface area (Å²) in [5, 5.41) is 50.7. The van der Waals surface area contributed by atoms with Gasteiger partial charge in [-0.2, -0.15) is 0 Å². The normalized spacial score (nSPS) is 24.3. The molecule has 0 aliphatic heterocycles. The van der Waals surface area contributed by atoms with Crippen LogP contribution in [0.4, 0.5) is 10.8 Å². The standard InChI is InChI=1S/C30H35N5O9S/c1-6-44-28(42)16-11-45-29(33-16)32-10-13-9-17(34(2)3)14-7-12-8-15-21(35(4)5)24(38)20(27(31)41)26(40)30(15,43)25(39)18(12)23(37)19(14)22(13)36/h9,11-12,15,21,36,38-39,43H,6-8,10H2,1-5H3,(H2,31,41)(H,32,33)/t12-,15-,21?,30-/m0/s1. The number of allylic oxidation sites excluding steroid dienone is 1. The number of esters is 1. The summed E-state index contributed by atoms with van der Waals surface area (Å²) in [4.78, 5) is 59.4. The maximum atomic E-state index is 14.2. The molecular weight excluding hydrogens is 606 g/mol. The highest BCUT2D eigenvalue weighted by Gasteiger charge is 2.63. The maximum absolute atomic E-state index is 14.2. The smallest absolute Gasteiger partial charge is 0.357 e. The first-order chi connectivity index (χ1) is 21.1. The molecule has 0 fully saturated rings. The van der Waals surface area contributed by atoms with Crippen LogP contribution in [0.25, 0.3) is 0 Å². The van der Waals surface area contributed by atoms with Crippen molar-refractivity contribution in [2.24, 2.45) is 17.6 Å². The molecule has 3 aliphatic rings. The Hall–Kier alpha value is -4.47. The van der Waals surface area contributed by atoms with E-state index in [1.807, 2.05) is 0 Å². The quantitative estimate of drug-likeness (QED) is 0.178. The van der Waals surface area contributed by atoms with Crippen LogP contribution >= 0.6 is 11.3 Å². The van der Waals surface area contributed by atoms with Crippen molar-refractivity contribution in [1.82, 2.24) is 9.88 Å². The number of aromatic nitrogens is 1. The van der Waals surface area contributed by atoms with Crippen LogP contribution in [-0.4, -0.2) is 100 Å². The summed E-state index contributed by atoms with van der Waals surface area (Å²) in [6, 6.07) is 0.656. The van der Waals surface area contributed by atoms with Gasteiger partial charge in [0.05, 0.1) is 18.2 Å². The zero-order chi connectivity index (χ0) is 33.1. The molecule has 240 valence electrons. The van der Waals surface area contributed by atoms with Gasteiger partial charge in [0.25, 0.3) is 5.91 Å². The number of hydrogen-bond donors (Lipinski definition) is 6. The topological polar surface area (TPSA) is 216 Å². The summed E-state index contributed by atoms with van der Waals surface area (Å²) >= 11 is 1.16. The first-order valence-corrected chi connectivity index (χ1v) is 15.1. The molecule has 4 atom stereocenters. The Balaban J connectivity index is 1.59. The van der Waals surface area contributed by atoms with Gasteiger partial charge in [-0.15, -0.1) is 11.3 Å². The van der Waals surface area contributed by atoms with Gasteiger partial charge in [0, 0.05) is 48.8 Å². The molecule has 0 spiro atoms. The van der Waals surface area contributed by atoms with Crippen molar-refractivity contribution >= 4 is 45.6 Å². The van der Waals surface area contributed by atoms with E-state index in [4.69, 9.17) is 10.5 Å². The number of carbonyl (C=O) groups is 4. The summed E-state index contributed by atoms with van der Waals surface area (Å²) in [7, 11) is 6.71. The number of aliphatic hydroxyl groups excluding tert-OH is 2. The summed E-state index contributed by atoms with van der Waals surface area (Å²) in [6.07, 6.45) is 0.161. The third kappa shape index (κ3) is 4.91. The highest BCUT2D eigenvalue weighted by molar-refractivity contribution is 7.13. The summed E-state index contributed by atoms with van der Waals surface area (Å²) in [6.45, 7) is 1.90. The number of aliphatic hydroxyl groups is 3. The average Bonchev–Trinajstić information content (AvgIpc) is 3.43. The molecule has 3 aliphatic carbocycles. The minimum atomic E-state index is -2.72. The molecule has 0 saturated heterocycles. The highest BCUT2D eigenvalue weighted by Crippen LogP contribution is 2.53. The highest BCUT2D eigenvalue weighted by atomic mass is 32.1. The van der Waals surface area contributed by atoms with E-state index in [1.54, 1.807) is 46.1 Å². The van der Waals surface area contributed by atoms with E-state index in [1.165, 1.54) is 10.3 Å². The number of likely N-dealkylation sites (N-methyl/N-ethyl adjacent to an activating group) is 1. The number of rotatable bonds is 8. The number of fused-ring (bicyclic) bond motifs is 3. The fraction of sp³-hybridized carbons (Fsp3) is 0.433. The monoisotopic (exact) mass is 641 g/mol. The zero-order valence-corrected chi connectivity index (χ0v) is 26.2. The molecule has 1 aromatic heterocycles. The number of carbonyl (C=O) groups excluding carboxylic acids is 4. The maximum Gasteiger partial charge on any atom is 0.357 e. The third-order valence-corrected chi connectivity index (χ3v) is 9.48. The number of ketones is 2. The lowest BCUT2D eigenvalue weighted by atomic mass is 9.58. The molecule has 1 heterocycles. The molecule has 15 heteroatoms. The number of phenolic OH excluding ortho intramolecular Hbond substituents is 1. The zero-order valence-electron chi connectivity index (χ0n) is 25.4. The molecular formula is C30H35N5O9S. The minimum absolute atomic E-state index is 0.00442. The van der Waals surface area contributed by atoms with Gasteiger partial charge in [0.1, 0.15) is 22.8 Å². The van der Waals surface area contributed by atoms with E-state index < -0.39 is 64.0 Å².